The van der Waals surface area contributed by atoms with Crippen molar-refractivity contribution in [3.05, 3.63) is 29.6 Å². The monoisotopic (exact) mass is 288 g/mol. The quantitative estimate of drug-likeness (QED) is 0.664. The lowest BCUT2D eigenvalue weighted by Crippen LogP contribution is -2.27. The SMILES string of the molecule is COCCCS(=O)(=O)NCc1cc(C(=O)O)ccn1. The van der Waals surface area contributed by atoms with Crippen LogP contribution in [-0.4, -0.2) is 43.9 Å². The van der Waals surface area contributed by atoms with E-state index in [1.54, 1.807) is 0 Å². The number of aromatic nitrogens is 1. The van der Waals surface area contributed by atoms with Gasteiger partial charge in [-0.1, -0.05) is 0 Å². The van der Waals surface area contributed by atoms with Gasteiger partial charge in [-0.25, -0.2) is 17.9 Å². The molecule has 7 nitrogen and oxygen atoms in total. The first kappa shape index (κ1) is 15.5. The smallest absolute Gasteiger partial charge is 0.335 e. The lowest BCUT2D eigenvalue weighted by Gasteiger charge is -2.06. The number of aromatic carboxylic acids is 1. The van der Waals surface area contributed by atoms with Gasteiger partial charge in [0, 0.05) is 19.9 Å². The fourth-order valence-electron chi connectivity index (χ4n) is 1.36. The first-order chi connectivity index (χ1) is 8.94. The van der Waals surface area contributed by atoms with Gasteiger partial charge in [0.25, 0.3) is 0 Å². The number of nitrogens with zero attached hydrogens (tertiary/aromatic N) is 1. The Hall–Kier alpha value is -1.51. The molecule has 2 N–H and O–H groups in total. The highest BCUT2D eigenvalue weighted by molar-refractivity contribution is 7.89. The summed E-state index contributed by atoms with van der Waals surface area (Å²) >= 11 is 0. The summed E-state index contributed by atoms with van der Waals surface area (Å²) in [5.41, 5.74) is 0.429. The number of pyridine rings is 1. The van der Waals surface area contributed by atoms with Crippen LogP contribution in [0.3, 0.4) is 0 Å². The lowest BCUT2D eigenvalue weighted by atomic mass is 10.2. The zero-order chi connectivity index (χ0) is 14.3. The number of ether oxygens (including phenoxy) is 1. The Kier molecular flexibility index (Phi) is 5.87. The summed E-state index contributed by atoms with van der Waals surface area (Å²) in [6, 6.07) is 2.68. The molecule has 0 saturated heterocycles. The van der Waals surface area contributed by atoms with Gasteiger partial charge in [-0.2, -0.15) is 0 Å². The molecule has 0 fully saturated rings. The molecule has 0 bridgehead atoms. The maximum absolute atomic E-state index is 11.6. The third-order valence-electron chi connectivity index (χ3n) is 2.30. The number of sulfonamides is 1. The molecule has 1 aromatic rings. The van der Waals surface area contributed by atoms with Crippen LogP contribution >= 0.6 is 0 Å². The molecule has 1 aromatic heterocycles. The van der Waals surface area contributed by atoms with Crippen LogP contribution in [-0.2, 0) is 21.3 Å². The maximum atomic E-state index is 11.6. The summed E-state index contributed by atoms with van der Waals surface area (Å²) in [6.45, 7) is 0.337. The predicted molar refractivity (Wildman–Crippen MR) is 68.3 cm³/mol. The predicted octanol–water partition coefficient (Wildman–Crippen LogP) is 0.236. The van der Waals surface area contributed by atoms with Crippen molar-refractivity contribution in [2.75, 3.05) is 19.5 Å². The minimum absolute atomic E-state index is 0.0313. The molecule has 0 aliphatic carbocycles. The van der Waals surface area contributed by atoms with Crippen LogP contribution in [0.1, 0.15) is 22.5 Å². The number of carbonyl (C=O) groups is 1. The van der Waals surface area contributed by atoms with Crippen molar-refractivity contribution >= 4 is 16.0 Å². The molecule has 0 aliphatic heterocycles. The van der Waals surface area contributed by atoms with Crippen LogP contribution in [0.15, 0.2) is 18.3 Å². The number of methoxy groups -OCH3 is 1. The van der Waals surface area contributed by atoms with Gasteiger partial charge in [-0.15, -0.1) is 0 Å². The van der Waals surface area contributed by atoms with E-state index < -0.39 is 16.0 Å². The van der Waals surface area contributed by atoms with Crippen LogP contribution in [0.5, 0.6) is 0 Å². The van der Waals surface area contributed by atoms with Crippen LogP contribution in [0.4, 0.5) is 0 Å². The molecule has 0 aliphatic rings. The molecule has 19 heavy (non-hydrogen) atoms. The van der Waals surface area contributed by atoms with Gasteiger partial charge < -0.3 is 9.84 Å². The molecule has 0 atom stereocenters. The van der Waals surface area contributed by atoms with Crippen molar-refractivity contribution in [3.8, 4) is 0 Å². The summed E-state index contributed by atoms with van der Waals surface area (Å²) < 4.78 is 30.3. The van der Waals surface area contributed by atoms with Gasteiger partial charge in [0.05, 0.1) is 23.6 Å². The number of rotatable bonds is 8. The van der Waals surface area contributed by atoms with E-state index in [0.717, 1.165) is 0 Å². The van der Waals surface area contributed by atoms with E-state index in [2.05, 4.69) is 9.71 Å². The molecule has 0 amide bonds. The van der Waals surface area contributed by atoms with Gasteiger partial charge in [0.2, 0.25) is 10.0 Å². The van der Waals surface area contributed by atoms with E-state index in [1.165, 1.54) is 25.4 Å². The molecule has 0 aromatic carbocycles. The summed E-state index contributed by atoms with van der Waals surface area (Å²) in [6.07, 6.45) is 1.73. The fourth-order valence-corrected chi connectivity index (χ4v) is 2.37. The fraction of sp³-hybridized carbons (Fsp3) is 0.455. The van der Waals surface area contributed by atoms with E-state index in [0.29, 0.717) is 18.7 Å². The van der Waals surface area contributed by atoms with Crippen molar-refractivity contribution in [3.63, 3.8) is 0 Å². The molecule has 1 heterocycles. The van der Waals surface area contributed by atoms with Crippen LogP contribution < -0.4 is 4.72 Å². The van der Waals surface area contributed by atoms with E-state index in [9.17, 15) is 13.2 Å². The highest BCUT2D eigenvalue weighted by Gasteiger charge is 2.11. The Morgan fingerprint density at radius 2 is 2.26 bits per heavy atom. The molecule has 0 radical (unpaired) electrons. The molecular formula is C11H16N2O5S. The van der Waals surface area contributed by atoms with Crippen molar-refractivity contribution in [1.29, 1.82) is 0 Å². The number of hydrogen-bond donors (Lipinski definition) is 2. The van der Waals surface area contributed by atoms with Crippen molar-refractivity contribution in [2.45, 2.75) is 13.0 Å². The molecular weight excluding hydrogens is 272 g/mol. The molecule has 0 saturated carbocycles. The van der Waals surface area contributed by atoms with Crippen LogP contribution in [0, 0.1) is 0 Å². The second-order valence-electron chi connectivity index (χ2n) is 3.83. The zero-order valence-corrected chi connectivity index (χ0v) is 11.3. The molecule has 8 heteroatoms. The molecule has 0 spiro atoms. The number of hydrogen-bond acceptors (Lipinski definition) is 5. The largest absolute Gasteiger partial charge is 0.478 e. The normalized spacial score (nSPS) is 11.4. The van der Waals surface area contributed by atoms with E-state index in [4.69, 9.17) is 9.84 Å². The van der Waals surface area contributed by atoms with Gasteiger partial charge in [0.15, 0.2) is 0 Å². The average Bonchev–Trinajstić information content (AvgIpc) is 2.37. The van der Waals surface area contributed by atoms with Gasteiger partial charge in [-0.3, -0.25) is 4.98 Å². The first-order valence-corrected chi connectivity index (χ1v) is 7.24. The minimum atomic E-state index is -3.40. The molecule has 1 rings (SSSR count). The third kappa shape index (κ3) is 5.77. The average molecular weight is 288 g/mol. The maximum Gasteiger partial charge on any atom is 0.335 e. The highest BCUT2D eigenvalue weighted by Crippen LogP contribution is 2.02. The number of carboxylic acids is 1. The summed E-state index contributed by atoms with van der Waals surface area (Å²) in [5.74, 6) is -1.12. The summed E-state index contributed by atoms with van der Waals surface area (Å²) in [5, 5.41) is 8.80. The zero-order valence-electron chi connectivity index (χ0n) is 10.5. The van der Waals surface area contributed by atoms with E-state index >= 15 is 0 Å². The van der Waals surface area contributed by atoms with Gasteiger partial charge in [0.1, 0.15) is 0 Å². The third-order valence-corrected chi connectivity index (χ3v) is 3.71. The van der Waals surface area contributed by atoms with Gasteiger partial charge >= 0.3 is 5.97 Å². The second kappa shape index (κ2) is 7.17. The van der Waals surface area contributed by atoms with Crippen LogP contribution in [0.25, 0.3) is 0 Å². The second-order valence-corrected chi connectivity index (χ2v) is 5.75. The van der Waals surface area contributed by atoms with Gasteiger partial charge in [-0.05, 0) is 18.6 Å². The van der Waals surface area contributed by atoms with Crippen molar-refractivity contribution < 1.29 is 23.1 Å². The molecule has 0 unspecified atom stereocenters. The Morgan fingerprint density at radius 1 is 1.53 bits per heavy atom. The topological polar surface area (TPSA) is 106 Å². The van der Waals surface area contributed by atoms with E-state index in [1.807, 2.05) is 0 Å². The number of nitrogens with one attached hydrogen (secondary N) is 1. The lowest BCUT2D eigenvalue weighted by molar-refractivity contribution is 0.0696. The number of carboxylic acid groups (broad SMARTS) is 1. The van der Waals surface area contributed by atoms with Crippen molar-refractivity contribution in [2.24, 2.45) is 0 Å². The van der Waals surface area contributed by atoms with Crippen LogP contribution in [0.2, 0.25) is 0 Å². The Bertz CT molecular complexity index is 530. The minimum Gasteiger partial charge on any atom is -0.478 e. The standard InChI is InChI=1S/C11H16N2O5S/c1-18-5-2-6-19(16,17)13-8-10-7-9(11(14)15)3-4-12-10/h3-4,7,13H,2,5-6,8H2,1H3,(H,14,15). The Balaban J connectivity index is 2.56. The highest BCUT2D eigenvalue weighted by atomic mass is 32.2. The molecule has 106 valence electrons. The Morgan fingerprint density at radius 3 is 2.89 bits per heavy atom. The van der Waals surface area contributed by atoms with E-state index in [-0.39, 0.29) is 17.9 Å². The first-order valence-electron chi connectivity index (χ1n) is 5.59. The van der Waals surface area contributed by atoms with Crippen molar-refractivity contribution in [1.82, 2.24) is 9.71 Å². The summed E-state index contributed by atoms with van der Waals surface area (Å²) in [4.78, 5) is 14.7. The summed E-state index contributed by atoms with van der Waals surface area (Å²) in [7, 11) is -1.90. The Labute approximate surface area is 111 Å².